The molecule has 0 heterocycles. The molecule has 2 unspecified atom stereocenters. The first kappa shape index (κ1) is 13.8. The molecule has 0 bridgehead atoms. The van der Waals surface area contributed by atoms with Gasteiger partial charge in [0.15, 0.2) is 0 Å². The van der Waals surface area contributed by atoms with Gasteiger partial charge in [-0.05, 0) is 31.3 Å². The molecule has 1 fully saturated rings. The highest BCUT2D eigenvalue weighted by atomic mass is 16.2. The van der Waals surface area contributed by atoms with Gasteiger partial charge in [-0.25, -0.2) is 0 Å². The molecule has 2 aliphatic rings. The van der Waals surface area contributed by atoms with Gasteiger partial charge in [0, 0.05) is 13.1 Å². The molecular weight excluding hydrogens is 240 g/mol. The molecule has 19 heavy (non-hydrogen) atoms. The fourth-order valence-electron chi connectivity index (χ4n) is 2.87. The Hall–Kier alpha value is -1.58. The summed E-state index contributed by atoms with van der Waals surface area (Å²) in [7, 11) is 1.65. The lowest BCUT2D eigenvalue weighted by Crippen LogP contribution is -2.43. The van der Waals surface area contributed by atoms with Gasteiger partial charge < -0.3 is 10.6 Å². The number of hydrogen-bond acceptors (Lipinski definition) is 2. The Labute approximate surface area is 114 Å². The summed E-state index contributed by atoms with van der Waals surface area (Å²) in [5.41, 5.74) is 1.08. The summed E-state index contributed by atoms with van der Waals surface area (Å²) in [5, 5.41) is 5.70. The maximum Gasteiger partial charge on any atom is 0.224 e. The largest absolute Gasteiger partial charge is 0.359 e. The summed E-state index contributed by atoms with van der Waals surface area (Å²) in [6, 6.07) is 0.000574. The van der Waals surface area contributed by atoms with Crippen LogP contribution in [0.5, 0.6) is 0 Å². The van der Waals surface area contributed by atoms with Gasteiger partial charge in [-0.1, -0.05) is 24.6 Å². The highest BCUT2D eigenvalue weighted by Gasteiger charge is 2.33. The van der Waals surface area contributed by atoms with E-state index in [1.165, 1.54) is 0 Å². The number of nitrogens with one attached hydrogen (secondary N) is 2. The predicted molar refractivity (Wildman–Crippen MR) is 74.4 cm³/mol. The fraction of sp³-hybridized carbons (Fsp3) is 0.600. The summed E-state index contributed by atoms with van der Waals surface area (Å²) in [6.07, 6.45) is 11.5. The summed E-state index contributed by atoms with van der Waals surface area (Å²) >= 11 is 0. The third kappa shape index (κ3) is 3.69. The molecule has 0 saturated heterocycles. The number of hydrogen-bond donors (Lipinski definition) is 2. The number of allylic oxidation sites excluding steroid dienone is 3. The Balaban J connectivity index is 1.86. The van der Waals surface area contributed by atoms with E-state index in [-0.39, 0.29) is 23.8 Å². The minimum atomic E-state index is -0.0650. The third-order valence-corrected chi connectivity index (χ3v) is 3.88. The number of carbonyl (C=O) groups excluding carboxylic acids is 2. The molecule has 2 rings (SSSR count). The Morgan fingerprint density at radius 1 is 1.32 bits per heavy atom. The molecule has 2 amide bonds. The van der Waals surface area contributed by atoms with Gasteiger partial charge in [-0.15, -0.1) is 0 Å². The van der Waals surface area contributed by atoms with Crippen molar-refractivity contribution in [3.05, 3.63) is 23.8 Å². The van der Waals surface area contributed by atoms with E-state index in [9.17, 15) is 9.59 Å². The Kier molecular flexibility index (Phi) is 4.77. The zero-order valence-corrected chi connectivity index (χ0v) is 11.4. The van der Waals surface area contributed by atoms with Crippen molar-refractivity contribution in [1.29, 1.82) is 0 Å². The molecule has 1 saturated carbocycles. The second-order valence-electron chi connectivity index (χ2n) is 5.26. The molecule has 0 aromatic carbocycles. The molecule has 0 aliphatic heterocycles. The summed E-state index contributed by atoms with van der Waals surface area (Å²) < 4.78 is 0. The van der Waals surface area contributed by atoms with Crippen molar-refractivity contribution < 1.29 is 9.59 Å². The van der Waals surface area contributed by atoms with Crippen LogP contribution >= 0.6 is 0 Å². The predicted octanol–water partition coefficient (Wildman–Crippen LogP) is 1.68. The van der Waals surface area contributed by atoms with Crippen LogP contribution in [0, 0.1) is 5.92 Å². The highest BCUT2D eigenvalue weighted by Crippen LogP contribution is 2.26. The van der Waals surface area contributed by atoms with Crippen LogP contribution in [-0.2, 0) is 9.59 Å². The van der Waals surface area contributed by atoms with Crippen molar-refractivity contribution in [2.45, 2.75) is 44.6 Å². The summed E-state index contributed by atoms with van der Waals surface area (Å²) in [6.45, 7) is 0. The van der Waals surface area contributed by atoms with Crippen LogP contribution < -0.4 is 10.6 Å². The van der Waals surface area contributed by atoms with Gasteiger partial charge in [0.2, 0.25) is 11.8 Å². The molecule has 4 heteroatoms. The van der Waals surface area contributed by atoms with Crippen LogP contribution in [0.3, 0.4) is 0 Å². The van der Waals surface area contributed by atoms with Crippen LogP contribution in [0.2, 0.25) is 0 Å². The van der Waals surface area contributed by atoms with E-state index in [0.29, 0.717) is 6.42 Å². The first-order chi connectivity index (χ1) is 9.20. The molecule has 2 aliphatic carbocycles. The molecule has 2 N–H and O–H groups in total. The zero-order chi connectivity index (χ0) is 13.7. The van der Waals surface area contributed by atoms with E-state index < -0.39 is 0 Å². The van der Waals surface area contributed by atoms with E-state index in [1.54, 1.807) is 7.05 Å². The minimum Gasteiger partial charge on any atom is -0.359 e. The quantitative estimate of drug-likeness (QED) is 0.810. The van der Waals surface area contributed by atoms with Crippen LogP contribution in [-0.4, -0.2) is 24.9 Å². The van der Waals surface area contributed by atoms with Crippen molar-refractivity contribution in [2.75, 3.05) is 7.05 Å². The van der Waals surface area contributed by atoms with Crippen LogP contribution in [0.15, 0.2) is 23.8 Å². The lowest BCUT2D eigenvalue weighted by atomic mass is 10.0. The zero-order valence-electron chi connectivity index (χ0n) is 11.4. The maximum absolute atomic E-state index is 12.0. The smallest absolute Gasteiger partial charge is 0.224 e. The molecule has 2 atom stereocenters. The van der Waals surface area contributed by atoms with E-state index in [4.69, 9.17) is 0 Å². The van der Waals surface area contributed by atoms with Crippen LogP contribution in [0.25, 0.3) is 0 Å². The van der Waals surface area contributed by atoms with Crippen molar-refractivity contribution >= 4 is 11.8 Å². The lowest BCUT2D eigenvalue weighted by molar-refractivity contribution is -0.126. The molecule has 0 aromatic heterocycles. The Morgan fingerprint density at radius 3 is 2.84 bits per heavy atom. The van der Waals surface area contributed by atoms with E-state index in [2.05, 4.69) is 22.8 Å². The number of carbonyl (C=O) groups is 2. The topological polar surface area (TPSA) is 58.2 Å². The first-order valence-electron chi connectivity index (χ1n) is 7.07. The van der Waals surface area contributed by atoms with Gasteiger partial charge in [-0.3, -0.25) is 9.59 Å². The highest BCUT2D eigenvalue weighted by molar-refractivity contribution is 5.83. The third-order valence-electron chi connectivity index (χ3n) is 3.88. The average Bonchev–Trinajstić information content (AvgIpc) is 2.87. The minimum absolute atomic E-state index is 0.000574. The van der Waals surface area contributed by atoms with Crippen molar-refractivity contribution in [3.63, 3.8) is 0 Å². The first-order valence-corrected chi connectivity index (χ1v) is 7.07. The van der Waals surface area contributed by atoms with Gasteiger partial charge in [0.25, 0.3) is 0 Å². The molecular formula is C15H22N2O2. The van der Waals surface area contributed by atoms with E-state index >= 15 is 0 Å². The van der Waals surface area contributed by atoms with Gasteiger partial charge >= 0.3 is 0 Å². The average molecular weight is 262 g/mol. The molecule has 104 valence electrons. The van der Waals surface area contributed by atoms with Gasteiger partial charge in [-0.2, -0.15) is 0 Å². The maximum atomic E-state index is 12.0. The molecule has 0 spiro atoms. The van der Waals surface area contributed by atoms with Crippen LogP contribution in [0.4, 0.5) is 0 Å². The monoisotopic (exact) mass is 262 g/mol. The van der Waals surface area contributed by atoms with Gasteiger partial charge in [0.05, 0.1) is 12.3 Å². The van der Waals surface area contributed by atoms with Gasteiger partial charge in [0.1, 0.15) is 0 Å². The molecule has 4 nitrogen and oxygen atoms in total. The van der Waals surface area contributed by atoms with E-state index in [0.717, 1.165) is 37.7 Å². The van der Waals surface area contributed by atoms with Crippen LogP contribution in [0.1, 0.15) is 38.5 Å². The second kappa shape index (κ2) is 6.55. The Bertz CT molecular complexity index is 412. The fourth-order valence-corrected chi connectivity index (χ4v) is 2.87. The van der Waals surface area contributed by atoms with E-state index in [1.807, 2.05) is 6.08 Å². The molecule has 0 aromatic rings. The standard InChI is InChI=1S/C15H22N2O2/c1-16-15(19)12-8-5-9-13(12)17-14(18)10-11-6-3-2-4-7-11/h3,6-7,12-13H,2,4-5,8-10H2,1H3,(H,16,19)(H,17,18). The number of rotatable bonds is 4. The molecule has 0 radical (unpaired) electrons. The number of amides is 2. The Morgan fingerprint density at radius 2 is 2.16 bits per heavy atom. The summed E-state index contributed by atoms with van der Waals surface area (Å²) in [5.74, 6) is 0.00279. The van der Waals surface area contributed by atoms with Crippen molar-refractivity contribution in [2.24, 2.45) is 5.92 Å². The second-order valence-corrected chi connectivity index (χ2v) is 5.26. The lowest BCUT2D eigenvalue weighted by Gasteiger charge is -2.20. The SMILES string of the molecule is CNC(=O)C1CCCC1NC(=O)CC1=CCCC=C1. The summed E-state index contributed by atoms with van der Waals surface area (Å²) in [4.78, 5) is 23.7. The normalized spacial score (nSPS) is 25.8. The van der Waals surface area contributed by atoms with Crippen molar-refractivity contribution in [1.82, 2.24) is 10.6 Å². The van der Waals surface area contributed by atoms with Crippen molar-refractivity contribution in [3.8, 4) is 0 Å².